The molecule has 2 aromatic rings. The van der Waals surface area contributed by atoms with Gasteiger partial charge in [-0.1, -0.05) is 17.7 Å². The molecular formula is C20H22F2N2O2. The first-order valence-electron chi connectivity index (χ1n) is 8.18. The van der Waals surface area contributed by atoms with Crippen LogP contribution in [0.3, 0.4) is 0 Å². The quantitative estimate of drug-likeness (QED) is 0.789. The first kappa shape index (κ1) is 19.6. The van der Waals surface area contributed by atoms with Gasteiger partial charge in [0.05, 0.1) is 5.69 Å². The van der Waals surface area contributed by atoms with Crippen LogP contribution in [0.2, 0.25) is 0 Å². The standard InChI is InChI=1S/C20H22F2N2O2/c1-11-8-12(2)17(13(3)9-11)24-19(26)20(4,5)18(25)23-16-7-6-14(21)10-15(16)22/h6-10H,1-5H3,(H,23,25)(H,24,26). The zero-order chi connectivity index (χ0) is 19.6. The summed E-state index contributed by atoms with van der Waals surface area (Å²) in [5.41, 5.74) is 1.84. The summed E-state index contributed by atoms with van der Waals surface area (Å²) in [7, 11) is 0. The maximum atomic E-state index is 13.7. The van der Waals surface area contributed by atoms with Crippen LogP contribution in [0.15, 0.2) is 30.3 Å². The largest absolute Gasteiger partial charge is 0.325 e. The summed E-state index contributed by atoms with van der Waals surface area (Å²) in [6, 6.07) is 6.68. The number of anilines is 2. The van der Waals surface area contributed by atoms with Crippen molar-refractivity contribution in [3.63, 3.8) is 0 Å². The molecule has 6 heteroatoms. The van der Waals surface area contributed by atoms with Crippen molar-refractivity contribution in [1.82, 2.24) is 0 Å². The highest BCUT2D eigenvalue weighted by Gasteiger charge is 2.37. The van der Waals surface area contributed by atoms with Crippen molar-refractivity contribution in [1.29, 1.82) is 0 Å². The summed E-state index contributed by atoms with van der Waals surface area (Å²) < 4.78 is 26.7. The van der Waals surface area contributed by atoms with Crippen LogP contribution >= 0.6 is 0 Å². The van der Waals surface area contributed by atoms with Gasteiger partial charge in [0.1, 0.15) is 17.0 Å². The van der Waals surface area contributed by atoms with E-state index in [2.05, 4.69) is 10.6 Å². The predicted molar refractivity (Wildman–Crippen MR) is 98.1 cm³/mol. The Hall–Kier alpha value is -2.76. The van der Waals surface area contributed by atoms with E-state index in [9.17, 15) is 18.4 Å². The average molecular weight is 360 g/mol. The van der Waals surface area contributed by atoms with Gasteiger partial charge in [-0.25, -0.2) is 8.78 Å². The molecule has 2 N–H and O–H groups in total. The van der Waals surface area contributed by atoms with Gasteiger partial charge in [0.2, 0.25) is 11.8 Å². The highest BCUT2D eigenvalue weighted by Crippen LogP contribution is 2.27. The van der Waals surface area contributed by atoms with Gasteiger partial charge in [-0.3, -0.25) is 9.59 Å². The lowest BCUT2D eigenvalue weighted by Crippen LogP contribution is -2.42. The Balaban J connectivity index is 2.20. The molecule has 0 radical (unpaired) electrons. The highest BCUT2D eigenvalue weighted by molar-refractivity contribution is 6.14. The van der Waals surface area contributed by atoms with Crippen molar-refractivity contribution >= 4 is 23.2 Å². The third-order valence-corrected chi connectivity index (χ3v) is 4.23. The van der Waals surface area contributed by atoms with Crippen LogP contribution in [-0.2, 0) is 9.59 Å². The molecule has 0 saturated carbocycles. The molecule has 0 aromatic heterocycles. The summed E-state index contributed by atoms with van der Waals surface area (Å²) in [6.45, 7) is 8.59. The molecule has 0 atom stereocenters. The summed E-state index contributed by atoms with van der Waals surface area (Å²) in [4.78, 5) is 25.2. The number of carbonyl (C=O) groups excluding carboxylic acids is 2. The lowest BCUT2D eigenvalue weighted by molar-refractivity contribution is -0.135. The molecule has 2 rings (SSSR count). The third-order valence-electron chi connectivity index (χ3n) is 4.23. The van der Waals surface area contributed by atoms with Crippen molar-refractivity contribution in [2.24, 2.45) is 5.41 Å². The van der Waals surface area contributed by atoms with E-state index in [1.54, 1.807) is 0 Å². The molecule has 0 heterocycles. The Morgan fingerprint density at radius 1 is 0.885 bits per heavy atom. The zero-order valence-electron chi connectivity index (χ0n) is 15.5. The van der Waals surface area contributed by atoms with E-state index in [0.717, 1.165) is 28.8 Å². The minimum Gasteiger partial charge on any atom is -0.325 e. The van der Waals surface area contributed by atoms with Crippen molar-refractivity contribution in [2.75, 3.05) is 10.6 Å². The Kier molecular flexibility index (Phi) is 5.44. The van der Waals surface area contributed by atoms with E-state index >= 15 is 0 Å². The fraction of sp³-hybridized carbons (Fsp3) is 0.300. The highest BCUT2D eigenvalue weighted by atomic mass is 19.1. The lowest BCUT2D eigenvalue weighted by atomic mass is 9.90. The first-order valence-corrected chi connectivity index (χ1v) is 8.18. The molecule has 0 aliphatic rings. The summed E-state index contributed by atoms with van der Waals surface area (Å²) in [6.07, 6.45) is 0. The molecule has 0 bridgehead atoms. The topological polar surface area (TPSA) is 58.2 Å². The summed E-state index contributed by atoms with van der Waals surface area (Å²) in [5, 5.41) is 5.12. The number of rotatable bonds is 4. The van der Waals surface area contributed by atoms with Crippen LogP contribution in [0.1, 0.15) is 30.5 Å². The van der Waals surface area contributed by atoms with E-state index in [0.29, 0.717) is 11.8 Å². The second-order valence-electron chi connectivity index (χ2n) is 6.93. The van der Waals surface area contributed by atoms with Gasteiger partial charge in [-0.2, -0.15) is 0 Å². The number of amides is 2. The molecule has 0 aliphatic carbocycles. The zero-order valence-corrected chi connectivity index (χ0v) is 15.5. The van der Waals surface area contributed by atoms with Gasteiger partial charge in [0.25, 0.3) is 0 Å². The van der Waals surface area contributed by atoms with Crippen molar-refractivity contribution < 1.29 is 18.4 Å². The molecule has 4 nitrogen and oxygen atoms in total. The van der Waals surface area contributed by atoms with E-state index < -0.39 is 28.9 Å². The van der Waals surface area contributed by atoms with Gasteiger partial charge in [-0.05, 0) is 57.9 Å². The molecule has 26 heavy (non-hydrogen) atoms. The van der Waals surface area contributed by atoms with Gasteiger partial charge < -0.3 is 10.6 Å². The Bertz CT molecular complexity index is 853. The number of hydrogen-bond acceptors (Lipinski definition) is 2. The van der Waals surface area contributed by atoms with Crippen molar-refractivity contribution in [3.05, 3.63) is 58.7 Å². The lowest BCUT2D eigenvalue weighted by Gasteiger charge is -2.24. The van der Waals surface area contributed by atoms with Gasteiger partial charge in [-0.15, -0.1) is 0 Å². The van der Waals surface area contributed by atoms with Crippen LogP contribution < -0.4 is 10.6 Å². The summed E-state index contributed by atoms with van der Waals surface area (Å²) >= 11 is 0. The number of nitrogens with one attached hydrogen (secondary N) is 2. The SMILES string of the molecule is Cc1cc(C)c(NC(=O)C(C)(C)C(=O)Nc2ccc(F)cc2F)c(C)c1. The minimum atomic E-state index is -1.47. The first-order chi connectivity index (χ1) is 12.0. The predicted octanol–water partition coefficient (Wildman–Crippen LogP) is 4.49. The molecule has 0 unspecified atom stereocenters. The molecule has 2 aromatic carbocycles. The van der Waals surface area contributed by atoms with E-state index in [1.807, 2.05) is 32.9 Å². The molecular weight excluding hydrogens is 338 g/mol. The molecule has 0 fully saturated rings. The molecule has 0 saturated heterocycles. The number of hydrogen-bond donors (Lipinski definition) is 2. The maximum Gasteiger partial charge on any atom is 0.239 e. The minimum absolute atomic E-state index is 0.181. The van der Waals surface area contributed by atoms with Crippen LogP contribution in [0, 0.1) is 37.8 Å². The number of halogens is 2. The second kappa shape index (κ2) is 7.23. The fourth-order valence-electron chi connectivity index (χ4n) is 2.62. The molecule has 0 spiro atoms. The molecule has 2 amide bonds. The molecule has 0 aliphatic heterocycles. The van der Waals surface area contributed by atoms with E-state index in [4.69, 9.17) is 0 Å². The van der Waals surface area contributed by atoms with Gasteiger partial charge in [0.15, 0.2) is 0 Å². The normalized spacial score (nSPS) is 11.2. The average Bonchev–Trinajstić information content (AvgIpc) is 2.53. The third kappa shape index (κ3) is 4.07. The number of aryl methyl sites for hydroxylation is 3. The van der Waals surface area contributed by atoms with Crippen LogP contribution in [0.25, 0.3) is 0 Å². The van der Waals surface area contributed by atoms with E-state index in [1.165, 1.54) is 13.8 Å². The van der Waals surface area contributed by atoms with Crippen LogP contribution in [0.5, 0.6) is 0 Å². The van der Waals surface area contributed by atoms with Gasteiger partial charge >= 0.3 is 0 Å². The van der Waals surface area contributed by atoms with Crippen LogP contribution in [0.4, 0.5) is 20.2 Å². The van der Waals surface area contributed by atoms with Crippen LogP contribution in [-0.4, -0.2) is 11.8 Å². The Morgan fingerprint density at radius 3 is 1.96 bits per heavy atom. The molecule has 138 valence electrons. The smallest absolute Gasteiger partial charge is 0.239 e. The fourth-order valence-corrected chi connectivity index (χ4v) is 2.62. The Labute approximate surface area is 151 Å². The number of benzene rings is 2. The van der Waals surface area contributed by atoms with Crippen molar-refractivity contribution in [2.45, 2.75) is 34.6 Å². The monoisotopic (exact) mass is 360 g/mol. The maximum absolute atomic E-state index is 13.7. The Morgan fingerprint density at radius 2 is 1.42 bits per heavy atom. The summed E-state index contributed by atoms with van der Waals surface area (Å²) in [5.74, 6) is -2.86. The van der Waals surface area contributed by atoms with Crippen molar-refractivity contribution in [3.8, 4) is 0 Å². The van der Waals surface area contributed by atoms with Gasteiger partial charge in [0, 0.05) is 11.8 Å². The van der Waals surface area contributed by atoms with E-state index in [-0.39, 0.29) is 5.69 Å². The number of carbonyl (C=O) groups is 2. The second-order valence-corrected chi connectivity index (χ2v) is 6.93.